The summed E-state index contributed by atoms with van der Waals surface area (Å²) < 4.78 is 5.75. The lowest BCUT2D eigenvalue weighted by molar-refractivity contribution is 0.541. The molecular weight excluding hydrogens is 254 g/mol. The summed E-state index contributed by atoms with van der Waals surface area (Å²) >= 11 is 3.44. The van der Waals surface area contributed by atoms with Crippen LogP contribution < -0.4 is 5.32 Å². The third-order valence-electron chi connectivity index (χ3n) is 2.41. The molecule has 0 aliphatic heterocycles. The average molecular weight is 268 g/mol. The third-order valence-corrected chi connectivity index (χ3v) is 3.06. The van der Waals surface area contributed by atoms with Crippen LogP contribution in [-0.2, 0) is 11.8 Å². The molecule has 0 bridgehead atoms. The first-order valence-corrected chi connectivity index (χ1v) is 6.17. The van der Waals surface area contributed by atoms with Crippen LogP contribution in [-0.4, -0.2) is 13.6 Å². The molecule has 0 amide bonds. The normalized spacial score (nSPS) is 11.1. The van der Waals surface area contributed by atoms with Crippen molar-refractivity contribution >= 4 is 26.9 Å². The van der Waals surface area contributed by atoms with Crippen molar-refractivity contribution in [2.75, 3.05) is 13.6 Å². The molecule has 0 fully saturated rings. The topological polar surface area (TPSA) is 25.2 Å². The van der Waals surface area contributed by atoms with Crippen LogP contribution in [0.4, 0.5) is 0 Å². The molecule has 15 heavy (non-hydrogen) atoms. The minimum Gasteiger partial charge on any atom is -0.461 e. The molecule has 0 unspecified atom stereocenters. The van der Waals surface area contributed by atoms with Crippen molar-refractivity contribution in [3.63, 3.8) is 0 Å². The van der Waals surface area contributed by atoms with E-state index in [-0.39, 0.29) is 0 Å². The number of halogens is 1. The van der Waals surface area contributed by atoms with E-state index >= 15 is 0 Å². The van der Waals surface area contributed by atoms with Crippen molar-refractivity contribution in [1.29, 1.82) is 0 Å². The van der Waals surface area contributed by atoms with E-state index in [1.54, 1.807) is 0 Å². The Kier molecular flexibility index (Phi) is 3.44. The van der Waals surface area contributed by atoms with Crippen molar-refractivity contribution in [3.05, 3.63) is 35.6 Å². The molecule has 3 heteroatoms. The summed E-state index contributed by atoms with van der Waals surface area (Å²) in [6.07, 6.45) is 0.939. The van der Waals surface area contributed by atoms with Crippen molar-refractivity contribution in [2.24, 2.45) is 0 Å². The summed E-state index contributed by atoms with van der Waals surface area (Å²) in [6, 6.07) is 8.43. The second kappa shape index (κ2) is 4.81. The molecule has 0 saturated heterocycles. The highest BCUT2D eigenvalue weighted by Gasteiger charge is 2.03. The van der Waals surface area contributed by atoms with E-state index < -0.39 is 0 Å². The SMILES string of the molecule is CNCCc1cc2ccc(CBr)cc2o1. The monoisotopic (exact) mass is 267 g/mol. The Labute approximate surface area is 97.8 Å². The van der Waals surface area contributed by atoms with Crippen LogP contribution in [0.25, 0.3) is 11.0 Å². The number of alkyl halides is 1. The van der Waals surface area contributed by atoms with Crippen LogP contribution in [0.2, 0.25) is 0 Å². The quantitative estimate of drug-likeness (QED) is 0.862. The van der Waals surface area contributed by atoms with E-state index in [0.29, 0.717) is 0 Å². The van der Waals surface area contributed by atoms with E-state index in [4.69, 9.17) is 4.42 Å². The lowest BCUT2D eigenvalue weighted by atomic mass is 10.2. The molecule has 2 aromatic rings. The van der Waals surface area contributed by atoms with Crippen molar-refractivity contribution < 1.29 is 4.42 Å². The summed E-state index contributed by atoms with van der Waals surface area (Å²) in [4.78, 5) is 0. The number of benzene rings is 1. The maximum Gasteiger partial charge on any atom is 0.134 e. The standard InChI is InChI=1S/C12H14BrNO/c1-14-5-4-11-7-10-3-2-9(8-13)6-12(10)15-11/h2-3,6-7,14H,4-5,8H2,1H3. The van der Waals surface area contributed by atoms with Crippen LogP contribution in [0.3, 0.4) is 0 Å². The Morgan fingerprint density at radius 1 is 1.33 bits per heavy atom. The number of fused-ring (bicyclic) bond motifs is 1. The van der Waals surface area contributed by atoms with Gasteiger partial charge in [-0.1, -0.05) is 28.1 Å². The van der Waals surface area contributed by atoms with E-state index in [1.165, 1.54) is 10.9 Å². The highest BCUT2D eigenvalue weighted by atomic mass is 79.9. The van der Waals surface area contributed by atoms with Gasteiger partial charge in [0.2, 0.25) is 0 Å². The first kappa shape index (κ1) is 10.7. The van der Waals surface area contributed by atoms with Gasteiger partial charge in [0.25, 0.3) is 0 Å². The summed E-state index contributed by atoms with van der Waals surface area (Å²) in [5.74, 6) is 1.05. The molecule has 2 nitrogen and oxygen atoms in total. The Balaban J connectivity index is 2.29. The maximum absolute atomic E-state index is 5.75. The van der Waals surface area contributed by atoms with Gasteiger partial charge in [-0.3, -0.25) is 0 Å². The fourth-order valence-electron chi connectivity index (χ4n) is 1.59. The predicted molar refractivity (Wildman–Crippen MR) is 66.5 cm³/mol. The van der Waals surface area contributed by atoms with E-state index in [9.17, 15) is 0 Å². The largest absolute Gasteiger partial charge is 0.461 e. The highest BCUT2D eigenvalue weighted by molar-refractivity contribution is 9.08. The van der Waals surface area contributed by atoms with E-state index in [1.807, 2.05) is 7.05 Å². The molecule has 0 spiro atoms. The number of furan rings is 1. The summed E-state index contributed by atoms with van der Waals surface area (Å²) in [6.45, 7) is 0.950. The molecule has 1 heterocycles. The molecule has 1 aromatic carbocycles. The van der Waals surface area contributed by atoms with Crippen LogP contribution in [0, 0.1) is 0 Å². The second-order valence-corrected chi connectivity index (χ2v) is 4.13. The summed E-state index contributed by atoms with van der Waals surface area (Å²) in [5.41, 5.74) is 2.23. The van der Waals surface area contributed by atoms with Crippen LogP contribution >= 0.6 is 15.9 Å². The van der Waals surface area contributed by atoms with Crippen molar-refractivity contribution in [3.8, 4) is 0 Å². The molecule has 0 aliphatic carbocycles. The van der Waals surface area contributed by atoms with Crippen LogP contribution in [0.1, 0.15) is 11.3 Å². The number of nitrogens with one attached hydrogen (secondary N) is 1. The van der Waals surface area contributed by atoms with Gasteiger partial charge in [0.05, 0.1) is 0 Å². The predicted octanol–water partition coefficient (Wildman–Crippen LogP) is 3.09. The number of likely N-dealkylation sites (N-methyl/N-ethyl adjacent to an activating group) is 1. The van der Waals surface area contributed by atoms with Gasteiger partial charge >= 0.3 is 0 Å². The molecule has 1 aromatic heterocycles. The lowest BCUT2D eigenvalue weighted by Crippen LogP contribution is -2.09. The van der Waals surface area contributed by atoms with Gasteiger partial charge < -0.3 is 9.73 Å². The van der Waals surface area contributed by atoms with Gasteiger partial charge in [-0.15, -0.1) is 0 Å². The molecule has 0 atom stereocenters. The fraction of sp³-hybridized carbons (Fsp3) is 0.333. The number of hydrogen-bond donors (Lipinski definition) is 1. The molecule has 1 N–H and O–H groups in total. The lowest BCUT2D eigenvalue weighted by Gasteiger charge is -1.94. The molecule has 2 rings (SSSR count). The van der Waals surface area contributed by atoms with Gasteiger partial charge in [0, 0.05) is 23.7 Å². The smallest absolute Gasteiger partial charge is 0.134 e. The molecular formula is C12H14BrNO. The third kappa shape index (κ3) is 2.41. The zero-order valence-corrected chi connectivity index (χ0v) is 10.3. The maximum atomic E-state index is 5.75. The van der Waals surface area contributed by atoms with Gasteiger partial charge in [-0.25, -0.2) is 0 Å². The van der Waals surface area contributed by atoms with Gasteiger partial charge in [0.15, 0.2) is 0 Å². The molecule has 0 saturated carbocycles. The minimum atomic E-state index is 0.871. The Morgan fingerprint density at radius 3 is 2.93 bits per heavy atom. The van der Waals surface area contributed by atoms with Gasteiger partial charge in [-0.05, 0) is 24.7 Å². The highest BCUT2D eigenvalue weighted by Crippen LogP contribution is 2.21. The molecule has 80 valence electrons. The van der Waals surface area contributed by atoms with Gasteiger partial charge in [-0.2, -0.15) is 0 Å². The van der Waals surface area contributed by atoms with Crippen LogP contribution in [0.15, 0.2) is 28.7 Å². The van der Waals surface area contributed by atoms with Crippen molar-refractivity contribution in [2.45, 2.75) is 11.8 Å². The van der Waals surface area contributed by atoms with Gasteiger partial charge in [0.1, 0.15) is 11.3 Å². The first-order valence-electron chi connectivity index (χ1n) is 5.05. The minimum absolute atomic E-state index is 0.871. The first-order chi connectivity index (χ1) is 7.33. The Morgan fingerprint density at radius 2 is 2.20 bits per heavy atom. The second-order valence-electron chi connectivity index (χ2n) is 3.57. The number of rotatable bonds is 4. The number of hydrogen-bond acceptors (Lipinski definition) is 2. The fourth-order valence-corrected chi connectivity index (χ4v) is 1.93. The van der Waals surface area contributed by atoms with E-state index in [2.05, 4.69) is 45.5 Å². The van der Waals surface area contributed by atoms with Crippen LogP contribution in [0.5, 0.6) is 0 Å². The molecule has 0 radical (unpaired) electrons. The zero-order chi connectivity index (χ0) is 10.7. The Hall–Kier alpha value is -0.800. The summed E-state index contributed by atoms with van der Waals surface area (Å²) in [7, 11) is 1.95. The molecule has 0 aliphatic rings. The summed E-state index contributed by atoms with van der Waals surface area (Å²) in [5, 5.41) is 5.17. The average Bonchev–Trinajstić information content (AvgIpc) is 2.67. The van der Waals surface area contributed by atoms with Crippen molar-refractivity contribution in [1.82, 2.24) is 5.32 Å². The Bertz CT molecular complexity index is 450. The van der Waals surface area contributed by atoms with E-state index in [0.717, 1.165) is 29.6 Å². The zero-order valence-electron chi connectivity index (χ0n) is 8.72.